The molecule has 0 aromatic heterocycles. The van der Waals surface area contributed by atoms with Crippen molar-refractivity contribution in [2.75, 3.05) is 0 Å². The summed E-state index contributed by atoms with van der Waals surface area (Å²) in [6, 6.07) is 13.7. The van der Waals surface area contributed by atoms with E-state index in [0.717, 1.165) is 11.1 Å². The average Bonchev–Trinajstić information content (AvgIpc) is 2.37. The Labute approximate surface area is 106 Å². The lowest BCUT2D eigenvalue weighted by Gasteiger charge is -1.97. The van der Waals surface area contributed by atoms with Crippen LogP contribution in [0.15, 0.2) is 48.5 Å². The smallest absolute Gasteiger partial charge is 0.159 e. The van der Waals surface area contributed by atoms with Gasteiger partial charge in [-0.25, -0.2) is 4.39 Å². The van der Waals surface area contributed by atoms with E-state index in [9.17, 15) is 9.18 Å². The first-order valence-corrected chi connectivity index (χ1v) is 5.70. The molecule has 90 valence electrons. The molecule has 18 heavy (non-hydrogen) atoms. The SMILES string of the molecule is CC(=O)c1ccc(/C=C/c2cccc(F)c2)cc1. The van der Waals surface area contributed by atoms with Crippen LogP contribution in [0.1, 0.15) is 28.4 Å². The Morgan fingerprint density at radius 3 is 2.28 bits per heavy atom. The van der Waals surface area contributed by atoms with Gasteiger partial charge in [0.15, 0.2) is 5.78 Å². The molecule has 1 nitrogen and oxygen atoms in total. The summed E-state index contributed by atoms with van der Waals surface area (Å²) in [5.74, 6) is -0.195. The van der Waals surface area contributed by atoms with Gasteiger partial charge in [-0.2, -0.15) is 0 Å². The highest BCUT2D eigenvalue weighted by molar-refractivity contribution is 5.94. The Morgan fingerprint density at radius 1 is 1.00 bits per heavy atom. The van der Waals surface area contributed by atoms with Crippen molar-refractivity contribution in [2.24, 2.45) is 0 Å². The lowest BCUT2D eigenvalue weighted by atomic mass is 10.1. The second-order valence-corrected chi connectivity index (χ2v) is 4.07. The molecule has 0 aliphatic heterocycles. The first kappa shape index (κ1) is 12.2. The molecule has 0 atom stereocenters. The summed E-state index contributed by atoms with van der Waals surface area (Å²) in [6.07, 6.45) is 3.73. The number of carbonyl (C=O) groups excluding carboxylic acids is 1. The number of hydrogen-bond acceptors (Lipinski definition) is 1. The minimum absolute atomic E-state index is 0.0515. The maximum absolute atomic E-state index is 13.0. The zero-order valence-electron chi connectivity index (χ0n) is 10.1. The fourth-order valence-electron chi connectivity index (χ4n) is 1.63. The van der Waals surface area contributed by atoms with E-state index in [1.165, 1.54) is 19.1 Å². The molecule has 0 aliphatic rings. The first-order valence-electron chi connectivity index (χ1n) is 5.70. The number of hydrogen-bond donors (Lipinski definition) is 0. The summed E-state index contributed by atoms with van der Waals surface area (Å²) in [5, 5.41) is 0. The average molecular weight is 240 g/mol. The molecule has 0 fully saturated rings. The Morgan fingerprint density at radius 2 is 1.67 bits per heavy atom. The number of benzene rings is 2. The van der Waals surface area contributed by atoms with Crippen molar-refractivity contribution in [1.82, 2.24) is 0 Å². The Kier molecular flexibility index (Phi) is 3.68. The predicted molar refractivity (Wildman–Crippen MR) is 71.8 cm³/mol. The van der Waals surface area contributed by atoms with E-state index < -0.39 is 0 Å². The van der Waals surface area contributed by atoms with E-state index in [2.05, 4.69) is 0 Å². The Balaban J connectivity index is 2.16. The third-order valence-corrected chi connectivity index (χ3v) is 2.63. The van der Waals surface area contributed by atoms with Gasteiger partial charge in [0.1, 0.15) is 5.82 Å². The molecule has 0 radical (unpaired) electrons. The predicted octanol–water partition coefficient (Wildman–Crippen LogP) is 4.20. The normalized spacial score (nSPS) is 10.8. The van der Waals surface area contributed by atoms with Gasteiger partial charge in [0.2, 0.25) is 0 Å². The van der Waals surface area contributed by atoms with Crippen molar-refractivity contribution < 1.29 is 9.18 Å². The van der Waals surface area contributed by atoms with Crippen molar-refractivity contribution >= 4 is 17.9 Å². The molecule has 2 heteroatoms. The number of rotatable bonds is 3. The molecule has 0 saturated carbocycles. The quantitative estimate of drug-likeness (QED) is 0.580. The minimum Gasteiger partial charge on any atom is -0.295 e. The van der Waals surface area contributed by atoms with Gasteiger partial charge in [-0.15, -0.1) is 0 Å². The van der Waals surface area contributed by atoms with Gasteiger partial charge in [0.05, 0.1) is 0 Å². The number of Topliss-reactive ketones (excluding diaryl/α,β-unsaturated/α-hetero) is 1. The molecule has 0 saturated heterocycles. The van der Waals surface area contributed by atoms with Crippen LogP contribution in [-0.2, 0) is 0 Å². The van der Waals surface area contributed by atoms with Crippen LogP contribution in [-0.4, -0.2) is 5.78 Å². The third kappa shape index (κ3) is 3.14. The Bertz CT molecular complexity index is 582. The lowest BCUT2D eigenvalue weighted by Crippen LogP contribution is -1.90. The summed E-state index contributed by atoms with van der Waals surface area (Å²) >= 11 is 0. The molecule has 0 unspecified atom stereocenters. The first-order chi connectivity index (χ1) is 8.65. The van der Waals surface area contributed by atoms with Crippen LogP contribution in [0, 0.1) is 5.82 Å². The van der Waals surface area contributed by atoms with Crippen LogP contribution < -0.4 is 0 Å². The van der Waals surface area contributed by atoms with Crippen LogP contribution >= 0.6 is 0 Å². The molecule has 2 aromatic carbocycles. The van der Waals surface area contributed by atoms with Crippen LogP contribution in [0.25, 0.3) is 12.2 Å². The number of halogens is 1. The molecule has 0 bridgehead atoms. The topological polar surface area (TPSA) is 17.1 Å². The van der Waals surface area contributed by atoms with Gasteiger partial charge in [-0.3, -0.25) is 4.79 Å². The standard InChI is InChI=1S/C16H13FO/c1-12(18)15-9-7-13(8-10-15)5-6-14-3-2-4-16(17)11-14/h2-11H,1H3/b6-5+. The molecule has 0 amide bonds. The molecule has 0 spiro atoms. The van der Waals surface area contributed by atoms with E-state index in [-0.39, 0.29) is 11.6 Å². The minimum atomic E-state index is -0.246. The zero-order chi connectivity index (χ0) is 13.0. The molecule has 2 rings (SSSR count). The molecule has 0 aliphatic carbocycles. The summed E-state index contributed by atoms with van der Waals surface area (Å²) < 4.78 is 13.0. The van der Waals surface area contributed by atoms with E-state index in [4.69, 9.17) is 0 Å². The highest BCUT2D eigenvalue weighted by atomic mass is 19.1. The highest BCUT2D eigenvalue weighted by Gasteiger charge is 1.97. The monoisotopic (exact) mass is 240 g/mol. The van der Waals surface area contributed by atoms with Crippen molar-refractivity contribution in [1.29, 1.82) is 0 Å². The molecule has 0 heterocycles. The summed E-state index contributed by atoms with van der Waals surface area (Å²) in [5.41, 5.74) is 2.48. The van der Waals surface area contributed by atoms with Crippen molar-refractivity contribution in [3.63, 3.8) is 0 Å². The van der Waals surface area contributed by atoms with Crippen molar-refractivity contribution in [3.8, 4) is 0 Å². The van der Waals surface area contributed by atoms with Gasteiger partial charge >= 0.3 is 0 Å². The maximum atomic E-state index is 13.0. The second-order valence-electron chi connectivity index (χ2n) is 4.07. The highest BCUT2D eigenvalue weighted by Crippen LogP contribution is 2.11. The van der Waals surface area contributed by atoms with E-state index in [1.807, 2.05) is 30.4 Å². The van der Waals surface area contributed by atoms with Gasteiger partial charge in [-0.1, -0.05) is 48.6 Å². The van der Waals surface area contributed by atoms with Gasteiger partial charge in [0, 0.05) is 5.56 Å². The maximum Gasteiger partial charge on any atom is 0.159 e. The van der Waals surface area contributed by atoms with E-state index in [1.54, 1.807) is 18.2 Å². The van der Waals surface area contributed by atoms with Crippen LogP contribution in [0.5, 0.6) is 0 Å². The fraction of sp³-hybridized carbons (Fsp3) is 0.0625. The molecule has 0 N–H and O–H groups in total. The fourth-order valence-corrected chi connectivity index (χ4v) is 1.63. The van der Waals surface area contributed by atoms with Gasteiger partial charge < -0.3 is 0 Å². The Hall–Kier alpha value is -2.22. The second kappa shape index (κ2) is 5.41. The third-order valence-electron chi connectivity index (χ3n) is 2.63. The van der Waals surface area contributed by atoms with Crippen molar-refractivity contribution in [3.05, 3.63) is 71.0 Å². The van der Waals surface area contributed by atoms with E-state index in [0.29, 0.717) is 5.56 Å². The summed E-state index contributed by atoms with van der Waals surface area (Å²) in [6.45, 7) is 1.54. The summed E-state index contributed by atoms with van der Waals surface area (Å²) in [4.78, 5) is 11.1. The van der Waals surface area contributed by atoms with Gasteiger partial charge in [0.25, 0.3) is 0 Å². The van der Waals surface area contributed by atoms with Crippen LogP contribution in [0.4, 0.5) is 4.39 Å². The summed E-state index contributed by atoms with van der Waals surface area (Å²) in [7, 11) is 0. The van der Waals surface area contributed by atoms with Gasteiger partial charge in [-0.05, 0) is 30.2 Å². The van der Waals surface area contributed by atoms with Crippen molar-refractivity contribution in [2.45, 2.75) is 6.92 Å². The number of ketones is 1. The van der Waals surface area contributed by atoms with Crippen LogP contribution in [0.3, 0.4) is 0 Å². The lowest BCUT2D eigenvalue weighted by molar-refractivity contribution is 0.101. The number of carbonyl (C=O) groups is 1. The van der Waals surface area contributed by atoms with Crippen LogP contribution in [0.2, 0.25) is 0 Å². The molecular weight excluding hydrogens is 227 g/mol. The zero-order valence-corrected chi connectivity index (χ0v) is 10.1. The molecule has 2 aromatic rings. The molecular formula is C16H13FO. The largest absolute Gasteiger partial charge is 0.295 e. The van der Waals surface area contributed by atoms with E-state index >= 15 is 0 Å².